The van der Waals surface area contributed by atoms with Gasteiger partial charge in [0.05, 0.1) is 7.11 Å². The maximum Gasteiger partial charge on any atom is 0.275 e. The van der Waals surface area contributed by atoms with Crippen LogP contribution in [0.25, 0.3) is 0 Å². The Morgan fingerprint density at radius 1 is 1.07 bits per heavy atom. The van der Waals surface area contributed by atoms with Gasteiger partial charge in [0.25, 0.3) is 5.91 Å². The molecule has 0 atom stereocenters. The molecule has 2 aromatic rings. The van der Waals surface area contributed by atoms with Gasteiger partial charge in [-0.05, 0) is 62.1 Å². The molecule has 0 radical (unpaired) electrons. The van der Waals surface area contributed by atoms with Gasteiger partial charge in [0, 0.05) is 18.3 Å². The molecule has 0 bridgehead atoms. The van der Waals surface area contributed by atoms with Crippen LogP contribution in [0.1, 0.15) is 37.7 Å². The van der Waals surface area contributed by atoms with Crippen molar-refractivity contribution in [1.29, 1.82) is 0 Å². The predicted octanol–water partition coefficient (Wildman–Crippen LogP) is 3.65. The molecule has 1 heterocycles. The number of amides is 2. The Balaban J connectivity index is 1.61. The quantitative estimate of drug-likeness (QED) is 0.763. The van der Waals surface area contributed by atoms with Gasteiger partial charge in [-0.25, -0.2) is 0 Å². The zero-order valence-electron chi connectivity index (χ0n) is 17.5. The predicted molar refractivity (Wildman–Crippen MR) is 117 cm³/mol. The Bertz CT molecular complexity index is 947. The molecule has 156 valence electrons. The van der Waals surface area contributed by atoms with Gasteiger partial charge in [-0.2, -0.15) is 0 Å². The molecule has 6 nitrogen and oxygen atoms in total. The van der Waals surface area contributed by atoms with Crippen LogP contribution >= 0.6 is 0 Å². The third-order valence-corrected chi connectivity index (χ3v) is 6.10. The summed E-state index contributed by atoms with van der Waals surface area (Å²) in [6, 6.07) is 16.9. The SMILES string of the molecule is COc1ccc(C2=NC3(CCCCC3)N(CC(=O)N(C)c3ccccc3)C2=O)cc1. The smallest absolute Gasteiger partial charge is 0.275 e. The third kappa shape index (κ3) is 3.70. The van der Waals surface area contributed by atoms with Crippen molar-refractivity contribution in [2.24, 2.45) is 4.99 Å². The molecule has 0 saturated heterocycles. The number of hydrogen-bond acceptors (Lipinski definition) is 4. The summed E-state index contributed by atoms with van der Waals surface area (Å²) in [6.07, 6.45) is 4.73. The molecule has 0 N–H and O–H groups in total. The second-order valence-electron chi connectivity index (χ2n) is 7.91. The normalized spacial score (nSPS) is 17.7. The largest absolute Gasteiger partial charge is 0.497 e. The number of anilines is 1. The number of likely N-dealkylation sites (N-methyl/N-ethyl adjacent to an activating group) is 1. The van der Waals surface area contributed by atoms with Gasteiger partial charge < -0.3 is 14.5 Å². The topological polar surface area (TPSA) is 62.2 Å². The van der Waals surface area contributed by atoms with Crippen LogP contribution in [0, 0.1) is 0 Å². The number of ether oxygens (including phenoxy) is 1. The summed E-state index contributed by atoms with van der Waals surface area (Å²) >= 11 is 0. The van der Waals surface area contributed by atoms with Crippen LogP contribution < -0.4 is 9.64 Å². The average molecular weight is 405 g/mol. The minimum atomic E-state index is -0.613. The first-order valence-electron chi connectivity index (χ1n) is 10.4. The van der Waals surface area contributed by atoms with Gasteiger partial charge in [-0.3, -0.25) is 14.6 Å². The van der Waals surface area contributed by atoms with E-state index in [0.717, 1.165) is 49.1 Å². The highest BCUT2D eigenvalue weighted by Crippen LogP contribution is 2.39. The first-order valence-corrected chi connectivity index (χ1v) is 10.4. The fraction of sp³-hybridized carbons (Fsp3) is 0.375. The highest BCUT2D eigenvalue weighted by molar-refractivity contribution is 6.47. The Kier molecular flexibility index (Phi) is 5.57. The standard InChI is InChI=1S/C24H27N3O3/c1-26(19-9-5-3-6-10-19)21(28)17-27-23(29)22(18-11-13-20(30-2)14-12-18)25-24(27)15-7-4-8-16-24/h3,5-6,9-14H,4,7-8,15-17H2,1-2H3. The number of benzene rings is 2. The summed E-state index contributed by atoms with van der Waals surface area (Å²) in [6.45, 7) is 0.0212. The number of carbonyl (C=O) groups is 2. The Labute approximate surface area is 177 Å². The summed E-state index contributed by atoms with van der Waals surface area (Å²) < 4.78 is 5.23. The molecule has 30 heavy (non-hydrogen) atoms. The van der Waals surface area contributed by atoms with Crippen LogP contribution in [-0.2, 0) is 9.59 Å². The van der Waals surface area contributed by atoms with Crippen molar-refractivity contribution in [2.75, 3.05) is 25.6 Å². The summed E-state index contributed by atoms with van der Waals surface area (Å²) in [5.74, 6) is 0.441. The lowest BCUT2D eigenvalue weighted by Crippen LogP contribution is -2.52. The van der Waals surface area contributed by atoms with E-state index in [2.05, 4.69) is 0 Å². The van der Waals surface area contributed by atoms with Gasteiger partial charge in [-0.1, -0.05) is 24.6 Å². The lowest BCUT2D eigenvalue weighted by molar-refractivity contribution is -0.134. The number of hydrogen-bond donors (Lipinski definition) is 0. The van der Waals surface area contributed by atoms with Gasteiger partial charge in [-0.15, -0.1) is 0 Å². The molecular formula is C24H27N3O3. The molecule has 1 aliphatic carbocycles. The van der Waals surface area contributed by atoms with Gasteiger partial charge in [0.15, 0.2) is 0 Å². The summed E-state index contributed by atoms with van der Waals surface area (Å²) in [7, 11) is 3.36. The van der Waals surface area contributed by atoms with Crippen molar-refractivity contribution in [3.8, 4) is 5.75 Å². The van der Waals surface area contributed by atoms with E-state index in [9.17, 15) is 9.59 Å². The van der Waals surface area contributed by atoms with E-state index < -0.39 is 5.66 Å². The monoisotopic (exact) mass is 405 g/mol. The van der Waals surface area contributed by atoms with E-state index >= 15 is 0 Å². The van der Waals surface area contributed by atoms with Crippen LogP contribution in [0.5, 0.6) is 5.75 Å². The molecule has 6 heteroatoms. The Morgan fingerprint density at radius 2 is 1.73 bits per heavy atom. The molecule has 1 saturated carbocycles. The number of nitrogens with zero attached hydrogens (tertiary/aromatic N) is 3. The zero-order valence-corrected chi connectivity index (χ0v) is 17.5. The van der Waals surface area contributed by atoms with Crippen molar-refractivity contribution in [1.82, 2.24) is 4.90 Å². The van der Waals surface area contributed by atoms with E-state index in [0.29, 0.717) is 5.71 Å². The molecule has 0 aromatic heterocycles. The Hall–Kier alpha value is -3.15. The van der Waals surface area contributed by atoms with Crippen LogP contribution in [0.2, 0.25) is 0 Å². The van der Waals surface area contributed by atoms with Gasteiger partial charge in [0.1, 0.15) is 23.7 Å². The van der Waals surface area contributed by atoms with Crippen molar-refractivity contribution in [3.05, 3.63) is 60.2 Å². The molecule has 2 amide bonds. The number of aliphatic imine (C=N–C) groups is 1. The van der Waals surface area contributed by atoms with E-state index in [-0.39, 0.29) is 18.4 Å². The zero-order chi connectivity index (χ0) is 21.1. The van der Waals surface area contributed by atoms with Crippen LogP contribution in [0.4, 0.5) is 5.69 Å². The van der Waals surface area contributed by atoms with Crippen molar-refractivity contribution >= 4 is 23.2 Å². The minimum absolute atomic E-state index is 0.0212. The molecule has 1 spiro atoms. The second-order valence-corrected chi connectivity index (χ2v) is 7.91. The highest BCUT2D eigenvalue weighted by atomic mass is 16.5. The lowest BCUT2D eigenvalue weighted by atomic mass is 9.88. The first-order chi connectivity index (χ1) is 14.5. The van der Waals surface area contributed by atoms with Crippen LogP contribution in [0.15, 0.2) is 59.6 Å². The molecular weight excluding hydrogens is 378 g/mol. The molecule has 2 aromatic carbocycles. The highest BCUT2D eigenvalue weighted by Gasteiger charge is 2.48. The van der Waals surface area contributed by atoms with Gasteiger partial charge >= 0.3 is 0 Å². The number of methoxy groups -OCH3 is 1. The fourth-order valence-corrected chi connectivity index (χ4v) is 4.33. The Morgan fingerprint density at radius 3 is 2.37 bits per heavy atom. The molecule has 0 unspecified atom stereocenters. The minimum Gasteiger partial charge on any atom is -0.497 e. The number of para-hydroxylation sites is 1. The van der Waals surface area contributed by atoms with Gasteiger partial charge in [0.2, 0.25) is 5.91 Å². The summed E-state index contributed by atoms with van der Waals surface area (Å²) in [5.41, 5.74) is 1.40. The number of rotatable bonds is 5. The lowest BCUT2D eigenvalue weighted by Gasteiger charge is -2.39. The maximum atomic E-state index is 13.4. The molecule has 2 aliphatic rings. The third-order valence-electron chi connectivity index (χ3n) is 6.10. The van der Waals surface area contributed by atoms with E-state index in [4.69, 9.17) is 9.73 Å². The van der Waals surface area contributed by atoms with Crippen LogP contribution in [0.3, 0.4) is 0 Å². The maximum absolute atomic E-state index is 13.4. The summed E-state index contributed by atoms with van der Waals surface area (Å²) in [4.78, 5) is 34.7. The molecule has 1 fully saturated rings. The van der Waals surface area contributed by atoms with E-state index in [1.54, 1.807) is 24.0 Å². The number of carbonyl (C=O) groups excluding carboxylic acids is 2. The van der Waals surface area contributed by atoms with Crippen molar-refractivity contribution in [2.45, 2.75) is 37.8 Å². The summed E-state index contributed by atoms with van der Waals surface area (Å²) in [5, 5.41) is 0. The van der Waals surface area contributed by atoms with E-state index in [1.807, 2.05) is 54.6 Å². The molecule has 4 rings (SSSR count). The average Bonchev–Trinajstić information content (AvgIpc) is 3.05. The molecule has 1 aliphatic heterocycles. The van der Waals surface area contributed by atoms with Crippen molar-refractivity contribution in [3.63, 3.8) is 0 Å². The second kappa shape index (κ2) is 8.30. The first kappa shape index (κ1) is 20.1. The van der Waals surface area contributed by atoms with E-state index in [1.165, 1.54) is 0 Å². The van der Waals surface area contributed by atoms with Crippen molar-refractivity contribution < 1.29 is 14.3 Å². The fourth-order valence-electron chi connectivity index (χ4n) is 4.33. The van der Waals surface area contributed by atoms with Crippen LogP contribution in [-0.4, -0.2) is 48.8 Å².